The minimum Gasteiger partial charge on any atom is -0.361 e. The smallest absolute Gasteiger partial charge is 0.361 e. The van der Waals surface area contributed by atoms with Gasteiger partial charge in [0.1, 0.15) is 6.10 Å². The van der Waals surface area contributed by atoms with Crippen LogP contribution in [0, 0.1) is 10.7 Å². The molecule has 0 bridgehead atoms. The van der Waals surface area contributed by atoms with E-state index in [0.29, 0.717) is 6.61 Å². The fourth-order valence-corrected chi connectivity index (χ4v) is 3.34. The van der Waals surface area contributed by atoms with Gasteiger partial charge in [-0.25, -0.2) is 4.78 Å². The molecule has 0 saturated heterocycles. The zero-order valence-electron chi connectivity index (χ0n) is 12.5. The van der Waals surface area contributed by atoms with E-state index in [4.69, 9.17) is 4.74 Å². The molecule has 0 heterocycles. The van der Waals surface area contributed by atoms with Crippen LogP contribution in [0.1, 0.15) is 39.2 Å². The Morgan fingerprint density at radius 2 is 1.79 bits per heavy atom. The van der Waals surface area contributed by atoms with Crippen LogP contribution in [0.25, 0.3) is 0 Å². The van der Waals surface area contributed by atoms with Crippen molar-refractivity contribution in [3.05, 3.63) is 35.9 Å². The molecule has 0 aliphatic heterocycles. The van der Waals surface area contributed by atoms with Gasteiger partial charge in [0.05, 0.1) is 6.61 Å². The van der Waals surface area contributed by atoms with E-state index < -0.39 is 14.1 Å². The highest BCUT2D eigenvalue weighted by Crippen LogP contribution is 2.07. The Bertz CT molecular complexity index is 387. The third-order valence-corrected chi connectivity index (χ3v) is 5.83. The summed E-state index contributed by atoms with van der Waals surface area (Å²) in [5.74, 6) is 3.38. The summed E-state index contributed by atoms with van der Waals surface area (Å²) in [5.41, 5.74) is 1.23. The second-order valence-electron chi connectivity index (χ2n) is 4.88. The largest absolute Gasteiger partial charge is 0.375 e. The van der Waals surface area contributed by atoms with Crippen molar-refractivity contribution in [2.24, 2.45) is 0 Å². The fraction of sp³-hybridized carbons (Fsp3) is 0.529. The Morgan fingerprint density at radius 3 is 2.37 bits per heavy atom. The molecule has 0 aromatic heterocycles. The fourth-order valence-electron chi connectivity index (χ4n) is 1.93. The Balaban J connectivity index is 2.52. The van der Waals surface area contributed by atoms with Crippen molar-refractivity contribution < 1.29 is 4.74 Å². The van der Waals surface area contributed by atoms with E-state index >= 15 is 0 Å². The second-order valence-corrected chi connectivity index (χ2v) is 8.19. The second kappa shape index (κ2) is 10.1. The summed E-state index contributed by atoms with van der Waals surface area (Å²) in [5, 5.41) is 2.53. The van der Waals surface area contributed by atoms with Crippen LogP contribution in [0.5, 0.6) is 0 Å². The SMILES string of the molecule is CCCC(C#[C][Al]([CH2]C)[CH2]C)OCc1ccccc1. The first kappa shape index (κ1) is 16.3. The molecule has 19 heavy (non-hydrogen) atoms. The lowest BCUT2D eigenvalue weighted by molar-refractivity contribution is 0.0723. The molecule has 1 aromatic rings. The molecule has 0 fully saturated rings. The third kappa shape index (κ3) is 6.84. The molecule has 1 aromatic carbocycles. The summed E-state index contributed by atoms with van der Waals surface area (Å²) in [7, 11) is 0. The van der Waals surface area contributed by atoms with Gasteiger partial charge in [0, 0.05) is 0 Å². The van der Waals surface area contributed by atoms with Crippen LogP contribution in [0.15, 0.2) is 30.3 Å². The maximum absolute atomic E-state index is 5.96. The summed E-state index contributed by atoms with van der Waals surface area (Å²) < 4.78 is 5.96. The number of hydrogen-bond donors (Lipinski definition) is 0. The lowest BCUT2D eigenvalue weighted by Gasteiger charge is -2.11. The summed E-state index contributed by atoms with van der Waals surface area (Å²) >= 11 is -0.813. The van der Waals surface area contributed by atoms with E-state index in [9.17, 15) is 0 Å². The highest BCUT2D eigenvalue weighted by molar-refractivity contribution is 6.67. The Kier molecular flexibility index (Phi) is 8.69. The van der Waals surface area contributed by atoms with Gasteiger partial charge in [-0.1, -0.05) is 74.0 Å². The quantitative estimate of drug-likeness (QED) is 0.526. The molecule has 1 unspecified atom stereocenters. The zero-order chi connectivity index (χ0) is 13.9. The van der Waals surface area contributed by atoms with Gasteiger partial charge in [0.15, 0.2) is 0 Å². The molecule has 1 atom stereocenters. The van der Waals surface area contributed by atoms with Gasteiger partial charge in [0.2, 0.25) is 0 Å². The predicted octanol–water partition coefficient (Wildman–Crippen LogP) is 4.45. The first-order valence-corrected chi connectivity index (χ1v) is 9.67. The monoisotopic (exact) mass is 272 g/mol. The van der Waals surface area contributed by atoms with Gasteiger partial charge in [-0.05, 0) is 12.0 Å². The van der Waals surface area contributed by atoms with Crippen LogP contribution in [0.2, 0.25) is 10.6 Å². The molecular formula is C17H25AlO. The lowest BCUT2D eigenvalue weighted by Crippen LogP contribution is -2.13. The van der Waals surface area contributed by atoms with Crippen LogP contribution >= 0.6 is 0 Å². The van der Waals surface area contributed by atoms with E-state index in [-0.39, 0.29) is 6.10 Å². The van der Waals surface area contributed by atoms with Crippen LogP contribution in [-0.2, 0) is 11.3 Å². The maximum atomic E-state index is 5.96. The minimum atomic E-state index is -0.813. The molecule has 0 amide bonds. The third-order valence-electron chi connectivity index (χ3n) is 3.28. The van der Waals surface area contributed by atoms with Crippen molar-refractivity contribution in [2.45, 2.75) is 56.9 Å². The minimum absolute atomic E-state index is 0.110. The Hall–Kier alpha value is -0.728. The van der Waals surface area contributed by atoms with E-state index in [1.807, 2.05) is 6.07 Å². The van der Waals surface area contributed by atoms with Crippen LogP contribution in [-0.4, -0.2) is 20.3 Å². The highest BCUT2D eigenvalue weighted by atomic mass is 27.2. The number of hydrogen-bond acceptors (Lipinski definition) is 1. The van der Waals surface area contributed by atoms with Crippen LogP contribution in [0.3, 0.4) is 0 Å². The summed E-state index contributed by atoms with van der Waals surface area (Å²) in [6.07, 6.45) is 2.27. The normalized spacial score (nSPS) is 11.5. The molecule has 102 valence electrons. The Labute approximate surface area is 122 Å². The van der Waals surface area contributed by atoms with Crippen LogP contribution in [0.4, 0.5) is 0 Å². The van der Waals surface area contributed by atoms with E-state index in [0.717, 1.165) is 12.8 Å². The molecule has 0 aliphatic rings. The average Bonchev–Trinajstić information content (AvgIpc) is 2.46. The van der Waals surface area contributed by atoms with Gasteiger partial charge in [0.25, 0.3) is 0 Å². The van der Waals surface area contributed by atoms with Crippen molar-refractivity contribution in [1.29, 1.82) is 0 Å². The van der Waals surface area contributed by atoms with Crippen molar-refractivity contribution in [3.63, 3.8) is 0 Å². The first-order chi connectivity index (χ1) is 9.30. The first-order valence-electron chi connectivity index (χ1n) is 7.46. The highest BCUT2D eigenvalue weighted by Gasteiger charge is 2.10. The molecule has 0 saturated carbocycles. The van der Waals surface area contributed by atoms with E-state index in [1.54, 1.807) is 0 Å². The maximum Gasteiger partial charge on any atom is 0.375 e. The number of rotatable bonds is 7. The van der Waals surface area contributed by atoms with Crippen molar-refractivity contribution >= 4 is 14.1 Å². The molecule has 0 radical (unpaired) electrons. The molecule has 0 spiro atoms. The van der Waals surface area contributed by atoms with Gasteiger partial charge >= 0.3 is 14.1 Å². The van der Waals surface area contributed by atoms with E-state index in [1.165, 1.54) is 16.1 Å². The summed E-state index contributed by atoms with van der Waals surface area (Å²) in [4.78, 5) is 3.50. The van der Waals surface area contributed by atoms with E-state index in [2.05, 4.69) is 55.7 Å². The summed E-state index contributed by atoms with van der Waals surface area (Å²) in [6.45, 7) is 7.38. The van der Waals surface area contributed by atoms with Crippen LogP contribution < -0.4 is 0 Å². The number of benzene rings is 1. The van der Waals surface area contributed by atoms with Crippen molar-refractivity contribution in [1.82, 2.24) is 0 Å². The molecule has 1 rings (SSSR count). The van der Waals surface area contributed by atoms with Crippen molar-refractivity contribution in [2.75, 3.05) is 0 Å². The van der Waals surface area contributed by atoms with Gasteiger partial charge < -0.3 is 4.74 Å². The predicted molar refractivity (Wildman–Crippen MR) is 84.4 cm³/mol. The topological polar surface area (TPSA) is 9.23 Å². The molecule has 0 aliphatic carbocycles. The standard InChI is InChI=1S/C13H15O.2C2H5.Al/c1-3-8-13(4-2)14-11-12-9-6-5-7-10-12;2*1-2;/h5-7,9-10,13H,3,8,11H2,1H3;2*1H2,2H3;. The molecule has 0 N–H and O–H groups in total. The van der Waals surface area contributed by atoms with Gasteiger partial charge in [-0.15, -0.1) is 0 Å². The number of ether oxygens (including phenoxy) is 1. The Morgan fingerprint density at radius 1 is 1.11 bits per heavy atom. The van der Waals surface area contributed by atoms with Crippen molar-refractivity contribution in [3.8, 4) is 10.7 Å². The van der Waals surface area contributed by atoms with Gasteiger partial charge in [-0.3, -0.25) is 0 Å². The summed E-state index contributed by atoms with van der Waals surface area (Å²) in [6, 6.07) is 10.3. The molecule has 2 heteroatoms. The van der Waals surface area contributed by atoms with Gasteiger partial charge in [-0.2, -0.15) is 0 Å². The molecule has 1 nitrogen and oxygen atoms in total. The lowest BCUT2D eigenvalue weighted by atomic mass is 10.2. The molecular weight excluding hydrogens is 247 g/mol. The average molecular weight is 272 g/mol. The zero-order valence-corrected chi connectivity index (χ0v) is 13.6.